The third-order valence-electron chi connectivity index (χ3n) is 3.48. The lowest BCUT2D eigenvalue weighted by Gasteiger charge is -2.06. The maximum Gasteiger partial charge on any atom is 0.238 e. The first-order valence-electron chi connectivity index (χ1n) is 6.46. The van der Waals surface area contributed by atoms with Gasteiger partial charge in [0.2, 0.25) is 5.88 Å². The van der Waals surface area contributed by atoms with Gasteiger partial charge in [-0.15, -0.1) is 12.4 Å². The van der Waals surface area contributed by atoms with Crippen molar-refractivity contribution >= 4 is 23.3 Å². The molecule has 0 aliphatic rings. The molecule has 110 valence electrons. The smallest absolute Gasteiger partial charge is 0.238 e. The Bertz CT molecular complexity index is 753. The van der Waals surface area contributed by atoms with E-state index in [-0.39, 0.29) is 18.2 Å². The molecule has 1 N–H and O–H groups in total. The molecule has 0 saturated carbocycles. The van der Waals surface area contributed by atoms with Crippen LogP contribution < -0.4 is 4.74 Å². The zero-order valence-electron chi connectivity index (χ0n) is 11.8. The van der Waals surface area contributed by atoms with Crippen LogP contribution in [0.3, 0.4) is 0 Å². The number of pyridine rings is 1. The molecule has 3 aromatic rings. The monoisotopic (exact) mass is 306 g/mol. The van der Waals surface area contributed by atoms with Crippen LogP contribution in [-0.2, 0) is 6.61 Å². The van der Waals surface area contributed by atoms with E-state index in [0.29, 0.717) is 12.5 Å². The van der Waals surface area contributed by atoms with E-state index in [0.717, 1.165) is 22.2 Å². The zero-order chi connectivity index (χ0) is 14.1. The predicted octanol–water partition coefficient (Wildman–Crippen LogP) is 4.32. The summed E-state index contributed by atoms with van der Waals surface area (Å²) in [5.41, 5.74) is 4.13. The number of benzene rings is 1. The van der Waals surface area contributed by atoms with Crippen LogP contribution in [-0.4, -0.2) is 9.97 Å². The molecule has 0 amide bonds. The highest BCUT2D eigenvalue weighted by atomic mass is 35.5. The van der Waals surface area contributed by atoms with E-state index in [1.165, 1.54) is 17.7 Å². The molecule has 0 aliphatic heterocycles. The van der Waals surface area contributed by atoms with Gasteiger partial charge in [0.05, 0.1) is 0 Å². The molecule has 0 spiro atoms. The average molecular weight is 307 g/mol. The predicted molar refractivity (Wildman–Crippen MR) is 83.5 cm³/mol. The summed E-state index contributed by atoms with van der Waals surface area (Å²) in [4.78, 5) is 7.56. The Kier molecular flexibility index (Phi) is 4.48. The molecule has 0 aliphatic carbocycles. The molecule has 0 fully saturated rings. The van der Waals surface area contributed by atoms with Gasteiger partial charge in [0.15, 0.2) is 0 Å². The molecular formula is C16H16ClFN2O. The van der Waals surface area contributed by atoms with Crippen LogP contribution in [0.1, 0.15) is 16.8 Å². The quantitative estimate of drug-likeness (QED) is 0.782. The number of H-pyrrole nitrogens is 1. The summed E-state index contributed by atoms with van der Waals surface area (Å²) in [6.07, 6.45) is 1.74. The van der Waals surface area contributed by atoms with Gasteiger partial charge in [0.25, 0.3) is 0 Å². The molecule has 5 heteroatoms. The van der Waals surface area contributed by atoms with Crippen LogP contribution in [0.25, 0.3) is 10.9 Å². The second-order valence-corrected chi connectivity index (χ2v) is 4.83. The number of halogens is 2. The van der Waals surface area contributed by atoms with Gasteiger partial charge in [-0.3, -0.25) is 0 Å². The van der Waals surface area contributed by atoms with Crippen LogP contribution in [0.2, 0.25) is 0 Å². The second-order valence-electron chi connectivity index (χ2n) is 4.83. The van der Waals surface area contributed by atoms with Gasteiger partial charge < -0.3 is 9.72 Å². The lowest BCUT2D eigenvalue weighted by Crippen LogP contribution is -1.98. The molecule has 2 heterocycles. The Morgan fingerprint density at radius 1 is 1.14 bits per heavy atom. The number of aromatic nitrogens is 2. The highest BCUT2D eigenvalue weighted by Gasteiger charge is 2.10. The highest BCUT2D eigenvalue weighted by Crippen LogP contribution is 2.27. The third kappa shape index (κ3) is 3.00. The van der Waals surface area contributed by atoms with Gasteiger partial charge in [0, 0.05) is 17.3 Å². The topological polar surface area (TPSA) is 37.9 Å². The van der Waals surface area contributed by atoms with E-state index in [2.05, 4.69) is 16.9 Å². The summed E-state index contributed by atoms with van der Waals surface area (Å²) in [6.45, 7) is 4.46. The fourth-order valence-electron chi connectivity index (χ4n) is 2.20. The molecule has 0 atom stereocenters. The lowest BCUT2D eigenvalue weighted by atomic mass is 10.2. The molecule has 0 unspecified atom stereocenters. The van der Waals surface area contributed by atoms with Crippen LogP contribution in [0, 0.1) is 19.7 Å². The summed E-state index contributed by atoms with van der Waals surface area (Å²) < 4.78 is 18.6. The normalized spacial score (nSPS) is 10.4. The number of rotatable bonds is 3. The highest BCUT2D eigenvalue weighted by molar-refractivity contribution is 5.87. The molecule has 2 aromatic heterocycles. The van der Waals surface area contributed by atoms with Crippen molar-refractivity contribution < 1.29 is 9.13 Å². The van der Waals surface area contributed by atoms with Crippen molar-refractivity contribution in [2.45, 2.75) is 20.5 Å². The summed E-state index contributed by atoms with van der Waals surface area (Å²) in [7, 11) is 0. The maximum atomic E-state index is 12.8. The molecule has 1 aromatic carbocycles. The Morgan fingerprint density at radius 3 is 2.57 bits per heavy atom. The number of aryl methyl sites for hydroxylation is 2. The minimum absolute atomic E-state index is 0. The summed E-state index contributed by atoms with van der Waals surface area (Å²) >= 11 is 0. The number of fused-ring (bicyclic) bond motifs is 1. The summed E-state index contributed by atoms with van der Waals surface area (Å²) in [5, 5.41) is 1.12. The van der Waals surface area contributed by atoms with Crippen molar-refractivity contribution in [2.24, 2.45) is 0 Å². The van der Waals surface area contributed by atoms with Crippen LogP contribution in [0.4, 0.5) is 4.39 Å². The Morgan fingerprint density at radius 2 is 1.86 bits per heavy atom. The first-order chi connectivity index (χ1) is 9.65. The SMILES string of the molecule is Cc1[nH]c2c(OCc3ccc(F)cc3)nccc2c1C.Cl. The fourth-order valence-corrected chi connectivity index (χ4v) is 2.20. The van der Waals surface area contributed by atoms with Crippen molar-refractivity contribution in [3.63, 3.8) is 0 Å². The number of nitrogens with one attached hydrogen (secondary N) is 1. The Labute approximate surface area is 128 Å². The molecule has 0 radical (unpaired) electrons. The van der Waals surface area contributed by atoms with E-state index in [9.17, 15) is 4.39 Å². The van der Waals surface area contributed by atoms with E-state index in [1.54, 1.807) is 18.3 Å². The van der Waals surface area contributed by atoms with Gasteiger partial charge in [-0.2, -0.15) is 0 Å². The summed E-state index contributed by atoms with van der Waals surface area (Å²) in [5.74, 6) is 0.326. The number of hydrogen-bond acceptors (Lipinski definition) is 2. The standard InChI is InChI=1S/C16H15FN2O.ClH/c1-10-11(2)19-15-14(10)7-8-18-16(15)20-9-12-3-5-13(17)6-4-12;/h3-8,19H,9H2,1-2H3;1H. The molecule has 3 rings (SSSR count). The van der Waals surface area contributed by atoms with Crippen molar-refractivity contribution in [1.82, 2.24) is 9.97 Å². The van der Waals surface area contributed by atoms with Crippen molar-refractivity contribution in [3.8, 4) is 5.88 Å². The van der Waals surface area contributed by atoms with Crippen LogP contribution >= 0.6 is 12.4 Å². The van der Waals surface area contributed by atoms with Gasteiger partial charge in [0.1, 0.15) is 17.9 Å². The Hall–Kier alpha value is -2.07. The first kappa shape index (κ1) is 15.3. The minimum Gasteiger partial charge on any atom is -0.471 e. The number of hydrogen-bond donors (Lipinski definition) is 1. The lowest BCUT2D eigenvalue weighted by molar-refractivity contribution is 0.297. The molecular weight excluding hydrogens is 291 g/mol. The molecule has 21 heavy (non-hydrogen) atoms. The van der Waals surface area contributed by atoms with E-state index < -0.39 is 0 Å². The molecule has 0 bridgehead atoms. The Balaban J connectivity index is 0.00000161. The minimum atomic E-state index is -0.246. The largest absolute Gasteiger partial charge is 0.471 e. The summed E-state index contributed by atoms with van der Waals surface area (Å²) in [6, 6.07) is 8.24. The molecule has 3 nitrogen and oxygen atoms in total. The van der Waals surface area contributed by atoms with Gasteiger partial charge in [-0.1, -0.05) is 12.1 Å². The van der Waals surface area contributed by atoms with Crippen molar-refractivity contribution in [3.05, 3.63) is 59.2 Å². The third-order valence-corrected chi connectivity index (χ3v) is 3.48. The van der Waals surface area contributed by atoms with Crippen LogP contribution in [0.15, 0.2) is 36.5 Å². The van der Waals surface area contributed by atoms with Crippen molar-refractivity contribution in [1.29, 1.82) is 0 Å². The van der Waals surface area contributed by atoms with E-state index in [1.807, 2.05) is 13.0 Å². The van der Waals surface area contributed by atoms with Gasteiger partial charge in [-0.05, 0) is 43.2 Å². The van der Waals surface area contributed by atoms with Gasteiger partial charge >= 0.3 is 0 Å². The number of aromatic amines is 1. The zero-order valence-corrected chi connectivity index (χ0v) is 12.6. The number of ether oxygens (including phenoxy) is 1. The van der Waals surface area contributed by atoms with Crippen molar-refractivity contribution in [2.75, 3.05) is 0 Å². The van der Waals surface area contributed by atoms with Crippen LogP contribution in [0.5, 0.6) is 5.88 Å². The second kappa shape index (κ2) is 6.14. The maximum absolute atomic E-state index is 12.8. The van der Waals surface area contributed by atoms with Gasteiger partial charge in [-0.25, -0.2) is 9.37 Å². The fraction of sp³-hybridized carbons (Fsp3) is 0.188. The van der Waals surface area contributed by atoms with E-state index in [4.69, 9.17) is 4.74 Å². The first-order valence-corrected chi connectivity index (χ1v) is 6.46. The average Bonchev–Trinajstić information content (AvgIpc) is 2.75. The number of nitrogens with zero attached hydrogens (tertiary/aromatic N) is 1. The molecule has 0 saturated heterocycles. The van der Waals surface area contributed by atoms with E-state index >= 15 is 0 Å².